The van der Waals surface area contributed by atoms with E-state index in [0.29, 0.717) is 41.4 Å². The summed E-state index contributed by atoms with van der Waals surface area (Å²) in [5.74, 6) is 5.21. The highest BCUT2D eigenvalue weighted by molar-refractivity contribution is 5.79. The van der Waals surface area contributed by atoms with Crippen molar-refractivity contribution in [3.05, 3.63) is 0 Å². The van der Waals surface area contributed by atoms with Gasteiger partial charge < -0.3 is 24.1 Å². The van der Waals surface area contributed by atoms with Crippen LogP contribution in [0.4, 0.5) is 0 Å². The molecular weight excluding hydrogens is 721 g/mol. The first-order valence-corrected chi connectivity index (χ1v) is 23.3. The van der Waals surface area contributed by atoms with Crippen LogP contribution >= 0.6 is 0 Å². The summed E-state index contributed by atoms with van der Waals surface area (Å²) in [6, 6.07) is 0. The number of ether oxygens (including phenoxy) is 4. The Balaban J connectivity index is 0.000000131. The zero-order valence-electron chi connectivity index (χ0n) is 37.0. The van der Waals surface area contributed by atoms with Gasteiger partial charge in [0.05, 0.1) is 22.2 Å². The number of hydrogen-bond donors (Lipinski definition) is 1. The van der Waals surface area contributed by atoms with Crippen LogP contribution in [-0.4, -0.2) is 58.5 Å². The van der Waals surface area contributed by atoms with Crippen LogP contribution in [0.1, 0.15) is 172 Å². The molecule has 1 saturated heterocycles. The summed E-state index contributed by atoms with van der Waals surface area (Å²) in [6.07, 6.45) is 16.5. The molecule has 0 amide bonds. The van der Waals surface area contributed by atoms with Gasteiger partial charge in [0.25, 0.3) is 0 Å². The molecule has 0 aromatic rings. The molecule has 0 aromatic heterocycles. The fraction of sp³-hybridized carbons (Fsp3) is 0.917. The molecule has 0 aromatic carbocycles. The van der Waals surface area contributed by atoms with Crippen molar-refractivity contribution in [2.24, 2.45) is 75.4 Å². The van der Waals surface area contributed by atoms with Crippen LogP contribution in [0.2, 0.25) is 0 Å². The van der Waals surface area contributed by atoms with Crippen molar-refractivity contribution in [1.29, 1.82) is 0 Å². The number of fused-ring (bicyclic) bond motifs is 1. The van der Waals surface area contributed by atoms with E-state index in [4.69, 9.17) is 18.9 Å². The number of esters is 4. The van der Waals surface area contributed by atoms with E-state index in [1.165, 1.54) is 38.5 Å². The van der Waals surface area contributed by atoms with Crippen molar-refractivity contribution in [3.8, 4) is 0 Å². The fourth-order valence-corrected chi connectivity index (χ4v) is 13.3. The van der Waals surface area contributed by atoms with Gasteiger partial charge in [-0.2, -0.15) is 0 Å². The molecule has 57 heavy (non-hydrogen) atoms. The summed E-state index contributed by atoms with van der Waals surface area (Å²) in [7, 11) is 0. The Morgan fingerprint density at radius 3 is 1.63 bits per heavy atom. The molecular formula is C48H76O9. The van der Waals surface area contributed by atoms with Crippen molar-refractivity contribution in [1.82, 2.24) is 0 Å². The second-order valence-corrected chi connectivity index (χ2v) is 22.5. The molecule has 9 nitrogen and oxygen atoms in total. The van der Waals surface area contributed by atoms with Gasteiger partial charge in [-0.1, -0.05) is 27.7 Å². The van der Waals surface area contributed by atoms with Crippen molar-refractivity contribution in [3.63, 3.8) is 0 Å². The molecule has 1 aliphatic heterocycles. The zero-order chi connectivity index (χ0) is 41.5. The molecule has 322 valence electrons. The normalized spacial score (nSPS) is 42.8. The second-order valence-electron chi connectivity index (χ2n) is 22.5. The molecule has 10 bridgehead atoms. The number of carbonyl (C=O) groups excluding carboxylic acids is 4. The maximum Gasteiger partial charge on any atom is 0.312 e. The Kier molecular flexibility index (Phi) is 11.6. The first-order valence-electron chi connectivity index (χ1n) is 23.3. The van der Waals surface area contributed by atoms with E-state index in [9.17, 15) is 24.3 Å². The summed E-state index contributed by atoms with van der Waals surface area (Å²) in [6.45, 7) is 20.0. The predicted octanol–water partition coefficient (Wildman–Crippen LogP) is 9.39. The molecule has 9 heteroatoms. The first-order chi connectivity index (χ1) is 26.7. The van der Waals surface area contributed by atoms with Crippen LogP contribution < -0.4 is 0 Å². The Hall–Kier alpha value is -2.16. The largest absolute Gasteiger partial charge is 0.459 e. The first kappa shape index (κ1) is 42.9. The third-order valence-corrected chi connectivity index (χ3v) is 17.7. The van der Waals surface area contributed by atoms with Gasteiger partial charge in [0.1, 0.15) is 29.5 Å². The number of aliphatic hydroxyl groups is 1. The minimum atomic E-state index is -0.728. The lowest BCUT2D eigenvalue weighted by Gasteiger charge is -2.60. The van der Waals surface area contributed by atoms with Gasteiger partial charge in [-0.15, -0.1) is 0 Å². The standard InChI is InChI=1S/C18H30O2.C16H26O3.C14H20O4/c1-5-17(3,4)16(19)20-18(6-2)14-8-12-7-13(10-14)11-15(18)9-12;1-4-15(2,3)14(17)19-13-12-6-10-5-11(7-12)9-16(13,18)8-10;1-4-14(2,3)13(16)18-10-7-5-8-9(6-7)12(15)17-11(8)10/h12-15H,5-11H2,1-4H3;10-13,18H,4-9H2,1-3H3;7-11H,4-6H2,1-3H3. The maximum absolute atomic E-state index is 12.6. The monoisotopic (exact) mass is 797 g/mol. The van der Waals surface area contributed by atoms with Crippen molar-refractivity contribution in [2.75, 3.05) is 0 Å². The molecule has 8 unspecified atom stereocenters. The highest BCUT2D eigenvalue weighted by Gasteiger charge is 2.64. The SMILES string of the molecule is CCC(C)(C)C(=O)OC1(CC)C2CC3CC(C2)CC1C3.CCC(C)(C)C(=O)OC1C2CC3C(=O)OC1C3C2.CCC(C)(C)C(=O)OC1C2CC3CC(C2)CC1(O)C3. The summed E-state index contributed by atoms with van der Waals surface area (Å²) < 4.78 is 23.1. The molecule has 11 fully saturated rings. The minimum Gasteiger partial charge on any atom is -0.459 e. The van der Waals surface area contributed by atoms with Crippen LogP contribution in [0.25, 0.3) is 0 Å². The Labute approximate surface area is 343 Å². The lowest BCUT2D eigenvalue weighted by molar-refractivity contribution is -0.227. The van der Waals surface area contributed by atoms with E-state index in [1.54, 1.807) is 0 Å². The van der Waals surface area contributed by atoms with E-state index in [-0.39, 0.29) is 59.1 Å². The summed E-state index contributed by atoms with van der Waals surface area (Å²) in [4.78, 5) is 48.7. The van der Waals surface area contributed by atoms with Crippen molar-refractivity contribution in [2.45, 2.75) is 201 Å². The van der Waals surface area contributed by atoms with Gasteiger partial charge in [0.2, 0.25) is 0 Å². The van der Waals surface area contributed by atoms with Crippen LogP contribution in [-0.2, 0) is 38.1 Å². The van der Waals surface area contributed by atoms with E-state index in [1.807, 2.05) is 55.4 Å². The topological polar surface area (TPSA) is 125 Å². The van der Waals surface area contributed by atoms with Gasteiger partial charge in [-0.3, -0.25) is 19.2 Å². The molecule has 11 rings (SSSR count). The highest BCUT2D eigenvalue weighted by atomic mass is 16.6. The third kappa shape index (κ3) is 7.73. The predicted molar refractivity (Wildman–Crippen MR) is 216 cm³/mol. The lowest BCUT2D eigenvalue weighted by Crippen LogP contribution is -2.62. The minimum absolute atomic E-state index is 0.0364. The van der Waals surface area contributed by atoms with Gasteiger partial charge in [-0.25, -0.2) is 0 Å². The van der Waals surface area contributed by atoms with Crippen molar-refractivity contribution < 1.29 is 43.2 Å². The number of carbonyl (C=O) groups is 4. The quantitative estimate of drug-likeness (QED) is 0.170. The molecule has 1 heterocycles. The zero-order valence-corrected chi connectivity index (χ0v) is 37.0. The highest BCUT2D eigenvalue weighted by Crippen LogP contribution is 2.61. The molecule has 8 atom stereocenters. The Morgan fingerprint density at radius 1 is 0.649 bits per heavy atom. The van der Waals surface area contributed by atoms with Crippen LogP contribution in [0.3, 0.4) is 0 Å². The number of rotatable bonds is 10. The van der Waals surface area contributed by atoms with Gasteiger partial charge in [-0.05, 0) is 186 Å². The van der Waals surface area contributed by atoms with E-state index < -0.39 is 16.4 Å². The number of hydrogen-bond acceptors (Lipinski definition) is 9. The molecule has 11 aliphatic rings. The summed E-state index contributed by atoms with van der Waals surface area (Å²) in [5.41, 5.74) is -2.09. The fourth-order valence-electron chi connectivity index (χ4n) is 13.3. The van der Waals surface area contributed by atoms with Crippen LogP contribution in [0.5, 0.6) is 0 Å². The summed E-state index contributed by atoms with van der Waals surface area (Å²) >= 11 is 0. The van der Waals surface area contributed by atoms with E-state index in [2.05, 4.69) is 13.8 Å². The van der Waals surface area contributed by atoms with Crippen molar-refractivity contribution >= 4 is 23.9 Å². The smallest absolute Gasteiger partial charge is 0.312 e. The van der Waals surface area contributed by atoms with Gasteiger partial charge >= 0.3 is 23.9 Å². The maximum atomic E-state index is 12.6. The van der Waals surface area contributed by atoms with Gasteiger partial charge in [0, 0.05) is 11.8 Å². The van der Waals surface area contributed by atoms with E-state index >= 15 is 0 Å². The third-order valence-electron chi connectivity index (χ3n) is 17.7. The van der Waals surface area contributed by atoms with Crippen LogP contribution in [0, 0.1) is 75.4 Å². The second kappa shape index (κ2) is 15.4. The van der Waals surface area contributed by atoms with Crippen LogP contribution in [0.15, 0.2) is 0 Å². The Morgan fingerprint density at radius 2 is 1.14 bits per heavy atom. The van der Waals surface area contributed by atoms with E-state index in [0.717, 1.165) is 76.0 Å². The molecule has 10 aliphatic carbocycles. The average molecular weight is 797 g/mol. The summed E-state index contributed by atoms with van der Waals surface area (Å²) in [5, 5.41) is 10.9. The molecule has 0 radical (unpaired) electrons. The molecule has 0 spiro atoms. The molecule has 10 saturated carbocycles. The Bertz CT molecular complexity index is 1500. The lowest BCUT2D eigenvalue weighted by atomic mass is 9.49. The molecule has 1 N–H and O–H groups in total. The average Bonchev–Trinajstić information content (AvgIpc) is 3.80. The van der Waals surface area contributed by atoms with Gasteiger partial charge in [0.15, 0.2) is 0 Å².